The Balaban J connectivity index is 1.82. The van der Waals surface area contributed by atoms with Crippen molar-refractivity contribution in [2.45, 2.75) is 69.8 Å². The van der Waals surface area contributed by atoms with Gasteiger partial charge in [0.2, 0.25) is 5.91 Å². The molecule has 0 aromatic carbocycles. The molecule has 4 atom stereocenters. The lowest BCUT2D eigenvalue weighted by atomic mass is 9.92. The predicted molar refractivity (Wildman–Crippen MR) is 60.0 cm³/mol. The molecule has 1 amide bonds. The third-order valence-corrected chi connectivity index (χ3v) is 3.58. The molecule has 1 saturated carbocycles. The summed E-state index contributed by atoms with van der Waals surface area (Å²) < 4.78 is 5.51. The topological polar surface area (TPSA) is 58.6 Å². The maximum atomic E-state index is 11.9. The lowest BCUT2D eigenvalue weighted by Crippen LogP contribution is -2.48. The van der Waals surface area contributed by atoms with E-state index in [0.29, 0.717) is 0 Å². The fourth-order valence-electron chi connectivity index (χ4n) is 2.55. The van der Waals surface area contributed by atoms with Gasteiger partial charge in [0, 0.05) is 0 Å². The molecule has 0 radical (unpaired) electrons. The van der Waals surface area contributed by atoms with Crippen LogP contribution in [0.15, 0.2) is 0 Å². The van der Waals surface area contributed by atoms with Crippen LogP contribution in [0.1, 0.15) is 45.4 Å². The van der Waals surface area contributed by atoms with Gasteiger partial charge in [0.25, 0.3) is 0 Å². The first-order chi connectivity index (χ1) is 7.66. The van der Waals surface area contributed by atoms with Gasteiger partial charge in [-0.1, -0.05) is 12.8 Å². The maximum Gasteiger partial charge on any atom is 0.249 e. The third-order valence-electron chi connectivity index (χ3n) is 3.58. The van der Waals surface area contributed by atoms with Crippen molar-refractivity contribution in [2.24, 2.45) is 0 Å². The van der Waals surface area contributed by atoms with Crippen molar-refractivity contribution in [2.75, 3.05) is 0 Å². The van der Waals surface area contributed by atoms with E-state index in [1.807, 2.05) is 6.92 Å². The first-order valence-electron chi connectivity index (χ1n) is 6.30. The molecule has 4 heteroatoms. The van der Waals surface area contributed by atoms with Crippen molar-refractivity contribution in [3.8, 4) is 0 Å². The number of aliphatic hydroxyl groups excluding tert-OH is 1. The minimum absolute atomic E-state index is 0.0460. The number of carbonyl (C=O) groups is 1. The molecule has 0 aromatic heterocycles. The Morgan fingerprint density at radius 2 is 2.00 bits per heavy atom. The van der Waals surface area contributed by atoms with E-state index in [4.69, 9.17) is 4.74 Å². The summed E-state index contributed by atoms with van der Waals surface area (Å²) in [4.78, 5) is 11.9. The number of nitrogens with one attached hydrogen (secondary N) is 1. The van der Waals surface area contributed by atoms with Gasteiger partial charge in [-0.2, -0.15) is 0 Å². The fraction of sp³-hybridized carbons (Fsp3) is 0.917. The molecule has 0 bridgehead atoms. The quantitative estimate of drug-likeness (QED) is 0.739. The van der Waals surface area contributed by atoms with Crippen LogP contribution in [0.5, 0.6) is 0 Å². The highest BCUT2D eigenvalue weighted by molar-refractivity contribution is 5.81. The number of ether oxygens (including phenoxy) is 1. The van der Waals surface area contributed by atoms with Crippen molar-refractivity contribution in [3.63, 3.8) is 0 Å². The van der Waals surface area contributed by atoms with Crippen LogP contribution in [-0.4, -0.2) is 35.4 Å². The molecule has 1 saturated heterocycles. The Kier molecular flexibility index (Phi) is 3.82. The number of hydrogen-bond acceptors (Lipinski definition) is 3. The summed E-state index contributed by atoms with van der Waals surface area (Å²) in [7, 11) is 0. The molecule has 92 valence electrons. The van der Waals surface area contributed by atoms with Crippen molar-refractivity contribution in [3.05, 3.63) is 0 Å². The van der Waals surface area contributed by atoms with E-state index in [-0.39, 0.29) is 30.3 Å². The maximum absolute atomic E-state index is 11.9. The lowest BCUT2D eigenvalue weighted by molar-refractivity contribution is -0.133. The van der Waals surface area contributed by atoms with Gasteiger partial charge in [-0.15, -0.1) is 0 Å². The average molecular weight is 227 g/mol. The summed E-state index contributed by atoms with van der Waals surface area (Å²) in [5, 5.41) is 12.7. The Hall–Kier alpha value is -0.610. The van der Waals surface area contributed by atoms with E-state index in [0.717, 1.165) is 38.5 Å². The predicted octanol–water partition coefficient (Wildman–Crippen LogP) is 0.974. The van der Waals surface area contributed by atoms with Crippen LogP contribution < -0.4 is 5.32 Å². The molecule has 4 nitrogen and oxygen atoms in total. The number of aliphatic hydroxyl groups is 1. The van der Waals surface area contributed by atoms with Crippen LogP contribution >= 0.6 is 0 Å². The summed E-state index contributed by atoms with van der Waals surface area (Å²) in [5.41, 5.74) is 0. The third kappa shape index (κ3) is 2.74. The van der Waals surface area contributed by atoms with Crippen molar-refractivity contribution < 1.29 is 14.6 Å². The number of amides is 1. The zero-order valence-corrected chi connectivity index (χ0v) is 9.82. The van der Waals surface area contributed by atoms with Crippen LogP contribution in [0.25, 0.3) is 0 Å². The Morgan fingerprint density at radius 1 is 1.25 bits per heavy atom. The minimum atomic E-state index is -0.378. The van der Waals surface area contributed by atoms with Gasteiger partial charge in [-0.3, -0.25) is 4.79 Å². The summed E-state index contributed by atoms with van der Waals surface area (Å²) in [6.45, 7) is 1.99. The molecule has 2 N–H and O–H groups in total. The van der Waals surface area contributed by atoms with Crippen LogP contribution in [0.2, 0.25) is 0 Å². The molecular weight excluding hydrogens is 206 g/mol. The van der Waals surface area contributed by atoms with Gasteiger partial charge in [-0.05, 0) is 32.6 Å². The van der Waals surface area contributed by atoms with E-state index < -0.39 is 0 Å². The molecule has 1 aliphatic carbocycles. The van der Waals surface area contributed by atoms with Crippen LogP contribution in [0, 0.1) is 0 Å². The molecular formula is C12H21NO3. The van der Waals surface area contributed by atoms with Crippen molar-refractivity contribution in [1.29, 1.82) is 0 Å². The second-order valence-electron chi connectivity index (χ2n) is 4.98. The average Bonchev–Trinajstić information content (AvgIpc) is 2.68. The molecule has 2 aliphatic rings. The molecule has 4 unspecified atom stereocenters. The smallest absolute Gasteiger partial charge is 0.249 e. The van der Waals surface area contributed by atoms with E-state index in [2.05, 4.69) is 5.32 Å². The van der Waals surface area contributed by atoms with E-state index in [1.54, 1.807) is 0 Å². The highest BCUT2D eigenvalue weighted by Crippen LogP contribution is 2.21. The van der Waals surface area contributed by atoms with E-state index >= 15 is 0 Å². The van der Waals surface area contributed by atoms with Gasteiger partial charge in [0.1, 0.15) is 6.10 Å². The zero-order chi connectivity index (χ0) is 11.5. The fourth-order valence-corrected chi connectivity index (χ4v) is 2.55. The van der Waals surface area contributed by atoms with Crippen LogP contribution in [0.4, 0.5) is 0 Å². The first kappa shape index (κ1) is 11.9. The van der Waals surface area contributed by atoms with Gasteiger partial charge < -0.3 is 15.2 Å². The van der Waals surface area contributed by atoms with Crippen molar-refractivity contribution in [1.82, 2.24) is 5.32 Å². The number of rotatable bonds is 2. The van der Waals surface area contributed by atoms with Crippen molar-refractivity contribution >= 4 is 5.91 Å². The number of carbonyl (C=O) groups excluding carboxylic acids is 1. The summed E-state index contributed by atoms with van der Waals surface area (Å²) >= 11 is 0. The summed E-state index contributed by atoms with van der Waals surface area (Å²) in [6, 6.07) is -0.0687. The normalized spacial score (nSPS) is 39.6. The SMILES string of the molecule is CC1CCC(C(=O)NC2CCCCC2O)O1. The molecule has 16 heavy (non-hydrogen) atoms. The molecule has 1 aliphatic heterocycles. The van der Waals surface area contributed by atoms with Gasteiger partial charge >= 0.3 is 0 Å². The first-order valence-corrected chi connectivity index (χ1v) is 6.30. The molecule has 2 fully saturated rings. The molecule has 2 rings (SSSR count). The lowest BCUT2D eigenvalue weighted by Gasteiger charge is -2.29. The number of hydrogen-bond donors (Lipinski definition) is 2. The standard InChI is InChI=1S/C12H21NO3/c1-8-6-7-11(16-8)12(15)13-9-4-2-3-5-10(9)14/h8-11,14H,2-7H2,1H3,(H,13,15). The summed E-state index contributed by atoms with van der Waals surface area (Å²) in [5.74, 6) is -0.0460. The van der Waals surface area contributed by atoms with Crippen LogP contribution in [-0.2, 0) is 9.53 Å². The van der Waals surface area contributed by atoms with Gasteiger partial charge in [0.05, 0.1) is 18.2 Å². The highest BCUT2D eigenvalue weighted by atomic mass is 16.5. The van der Waals surface area contributed by atoms with Gasteiger partial charge in [0.15, 0.2) is 0 Å². The van der Waals surface area contributed by atoms with E-state index in [9.17, 15) is 9.90 Å². The second-order valence-corrected chi connectivity index (χ2v) is 4.98. The highest BCUT2D eigenvalue weighted by Gasteiger charge is 2.31. The molecule has 1 heterocycles. The van der Waals surface area contributed by atoms with E-state index in [1.165, 1.54) is 0 Å². The largest absolute Gasteiger partial charge is 0.391 e. The van der Waals surface area contributed by atoms with Gasteiger partial charge in [-0.25, -0.2) is 0 Å². The Labute approximate surface area is 96.4 Å². The summed E-state index contributed by atoms with van der Waals surface area (Å²) in [6.07, 6.45) is 5.09. The zero-order valence-electron chi connectivity index (χ0n) is 9.82. The monoisotopic (exact) mass is 227 g/mol. The minimum Gasteiger partial charge on any atom is -0.391 e. The Bertz CT molecular complexity index is 257. The molecule has 0 spiro atoms. The molecule has 0 aromatic rings. The Morgan fingerprint density at radius 3 is 2.62 bits per heavy atom. The van der Waals surface area contributed by atoms with Crippen LogP contribution in [0.3, 0.4) is 0 Å². The second kappa shape index (κ2) is 5.15.